The predicted octanol–water partition coefficient (Wildman–Crippen LogP) is 4.91. The number of aromatic nitrogens is 2. The summed E-state index contributed by atoms with van der Waals surface area (Å²) in [7, 11) is 0. The van der Waals surface area contributed by atoms with Gasteiger partial charge in [-0.3, -0.25) is 9.89 Å². The first-order valence-electron chi connectivity index (χ1n) is 10.0. The molecular weight excluding hydrogens is 388 g/mol. The Morgan fingerprint density at radius 2 is 1.65 bits per heavy atom. The summed E-state index contributed by atoms with van der Waals surface area (Å²) in [4.78, 5) is 12.4. The van der Waals surface area contributed by atoms with Crippen LogP contribution in [0.5, 0.6) is 5.75 Å². The lowest BCUT2D eigenvalue weighted by atomic mass is 10.0. The molecule has 4 rings (SSSR count). The third kappa shape index (κ3) is 4.87. The Morgan fingerprint density at radius 3 is 2.42 bits per heavy atom. The molecular formula is C25H22N4O2. The van der Waals surface area contributed by atoms with Gasteiger partial charge in [-0.05, 0) is 36.2 Å². The van der Waals surface area contributed by atoms with E-state index in [9.17, 15) is 4.79 Å². The fraction of sp³-hybridized carbons (Fsp3) is 0.0800. The van der Waals surface area contributed by atoms with Gasteiger partial charge in [0.1, 0.15) is 11.4 Å². The highest BCUT2D eigenvalue weighted by atomic mass is 16.5. The predicted molar refractivity (Wildman–Crippen MR) is 122 cm³/mol. The van der Waals surface area contributed by atoms with E-state index in [1.165, 1.54) is 0 Å². The maximum Gasteiger partial charge on any atom is 0.289 e. The monoisotopic (exact) mass is 410 g/mol. The van der Waals surface area contributed by atoms with E-state index >= 15 is 0 Å². The van der Waals surface area contributed by atoms with E-state index in [0.29, 0.717) is 23.7 Å². The highest BCUT2D eigenvalue weighted by molar-refractivity contribution is 5.94. The Bertz CT molecular complexity index is 1180. The molecule has 0 atom stereocenters. The first-order valence-corrected chi connectivity index (χ1v) is 10.0. The second kappa shape index (κ2) is 9.54. The van der Waals surface area contributed by atoms with E-state index < -0.39 is 0 Å². The number of hydrogen-bond donors (Lipinski definition) is 2. The van der Waals surface area contributed by atoms with Gasteiger partial charge in [0.15, 0.2) is 0 Å². The highest BCUT2D eigenvalue weighted by Gasteiger charge is 2.11. The number of nitrogens with one attached hydrogen (secondary N) is 2. The van der Waals surface area contributed by atoms with Crippen molar-refractivity contribution in [3.63, 3.8) is 0 Å². The number of nitrogens with zero attached hydrogens (tertiary/aromatic N) is 2. The van der Waals surface area contributed by atoms with Gasteiger partial charge in [0.05, 0.1) is 18.5 Å². The average Bonchev–Trinajstić information content (AvgIpc) is 3.32. The summed E-state index contributed by atoms with van der Waals surface area (Å²) in [5.41, 5.74) is 7.52. The van der Waals surface area contributed by atoms with E-state index in [4.69, 9.17) is 4.74 Å². The highest BCUT2D eigenvalue weighted by Crippen LogP contribution is 2.24. The summed E-state index contributed by atoms with van der Waals surface area (Å²) >= 11 is 0. The number of H-pyrrole nitrogens is 1. The third-order valence-corrected chi connectivity index (χ3v) is 4.70. The molecule has 6 nitrogen and oxygen atoms in total. The zero-order chi connectivity index (χ0) is 21.5. The largest absolute Gasteiger partial charge is 0.493 e. The summed E-state index contributed by atoms with van der Waals surface area (Å²) in [5, 5.41) is 11.1. The van der Waals surface area contributed by atoms with Crippen molar-refractivity contribution in [3.8, 4) is 28.1 Å². The molecule has 154 valence electrons. The van der Waals surface area contributed by atoms with E-state index in [1.807, 2.05) is 73.7 Å². The molecule has 1 amide bonds. The molecule has 1 heterocycles. The van der Waals surface area contributed by atoms with Crippen LogP contribution in [-0.4, -0.2) is 28.9 Å². The number of para-hydroxylation sites is 1. The van der Waals surface area contributed by atoms with Crippen molar-refractivity contribution in [1.29, 1.82) is 0 Å². The molecule has 1 aromatic heterocycles. The zero-order valence-electron chi connectivity index (χ0n) is 17.1. The van der Waals surface area contributed by atoms with Crippen LogP contribution in [0.15, 0.2) is 90.0 Å². The van der Waals surface area contributed by atoms with Crippen molar-refractivity contribution in [3.05, 3.63) is 96.2 Å². The van der Waals surface area contributed by atoms with Crippen LogP contribution >= 0.6 is 0 Å². The lowest BCUT2D eigenvalue weighted by molar-refractivity contribution is 0.0950. The zero-order valence-corrected chi connectivity index (χ0v) is 17.1. The Kier molecular flexibility index (Phi) is 6.18. The molecule has 3 aromatic carbocycles. The van der Waals surface area contributed by atoms with Gasteiger partial charge in [0, 0.05) is 11.1 Å². The van der Waals surface area contributed by atoms with E-state index in [1.54, 1.807) is 12.3 Å². The molecule has 4 aromatic rings. The number of carbonyl (C=O) groups is 1. The normalized spacial score (nSPS) is 10.9. The standard InChI is InChI=1S/C25H22N4O2/c1-2-31-24-11-7-6-10-21(24)17-26-29-25(30)23-16-22(27-28-23)20-14-12-19(13-15-20)18-8-4-3-5-9-18/h3-17H,2H2,1H3,(H,27,28)(H,29,30)/b26-17-. The molecule has 0 saturated heterocycles. The Labute approximate surface area is 180 Å². The minimum Gasteiger partial charge on any atom is -0.493 e. The molecule has 6 heteroatoms. The van der Waals surface area contributed by atoms with Crippen LogP contribution < -0.4 is 10.2 Å². The lowest BCUT2D eigenvalue weighted by Crippen LogP contribution is -2.18. The molecule has 0 spiro atoms. The topological polar surface area (TPSA) is 79.4 Å². The van der Waals surface area contributed by atoms with Crippen molar-refractivity contribution in [2.75, 3.05) is 6.61 Å². The summed E-state index contributed by atoms with van der Waals surface area (Å²) < 4.78 is 5.55. The Balaban J connectivity index is 1.42. The maximum atomic E-state index is 12.4. The Morgan fingerprint density at radius 1 is 0.968 bits per heavy atom. The van der Waals surface area contributed by atoms with Crippen molar-refractivity contribution >= 4 is 12.1 Å². The van der Waals surface area contributed by atoms with Crippen LogP contribution in [-0.2, 0) is 0 Å². The molecule has 0 aliphatic carbocycles. The number of hydrazone groups is 1. The quantitative estimate of drug-likeness (QED) is 0.336. The fourth-order valence-electron chi connectivity index (χ4n) is 3.14. The van der Waals surface area contributed by atoms with Crippen molar-refractivity contribution < 1.29 is 9.53 Å². The summed E-state index contributed by atoms with van der Waals surface area (Å²) in [6.07, 6.45) is 1.56. The summed E-state index contributed by atoms with van der Waals surface area (Å²) in [6.45, 7) is 2.47. The third-order valence-electron chi connectivity index (χ3n) is 4.70. The number of carbonyl (C=O) groups excluding carboxylic acids is 1. The molecule has 0 radical (unpaired) electrons. The van der Waals surface area contributed by atoms with Gasteiger partial charge in [0.2, 0.25) is 0 Å². The number of benzene rings is 3. The fourth-order valence-corrected chi connectivity index (χ4v) is 3.14. The minimum atomic E-state index is -0.371. The van der Waals surface area contributed by atoms with Crippen LogP contribution in [0.1, 0.15) is 23.0 Å². The van der Waals surface area contributed by atoms with Crippen molar-refractivity contribution in [1.82, 2.24) is 15.6 Å². The number of aromatic amines is 1. The molecule has 0 fully saturated rings. The summed E-state index contributed by atoms with van der Waals surface area (Å²) in [6, 6.07) is 27.4. The first-order chi connectivity index (χ1) is 15.2. The van der Waals surface area contributed by atoms with Gasteiger partial charge in [-0.15, -0.1) is 0 Å². The molecule has 0 unspecified atom stereocenters. The van der Waals surface area contributed by atoms with Crippen LogP contribution in [0, 0.1) is 0 Å². The number of hydrogen-bond acceptors (Lipinski definition) is 4. The SMILES string of the molecule is CCOc1ccccc1/C=N\NC(=O)c1cc(-c2ccc(-c3ccccc3)cc2)n[nH]1. The molecule has 2 N–H and O–H groups in total. The first kappa shape index (κ1) is 20.1. The average molecular weight is 410 g/mol. The van der Waals surface area contributed by atoms with Crippen LogP contribution in [0.25, 0.3) is 22.4 Å². The van der Waals surface area contributed by atoms with Gasteiger partial charge >= 0.3 is 0 Å². The van der Waals surface area contributed by atoms with E-state index in [0.717, 1.165) is 22.3 Å². The van der Waals surface area contributed by atoms with Gasteiger partial charge in [0.25, 0.3) is 5.91 Å². The van der Waals surface area contributed by atoms with Gasteiger partial charge in [-0.1, -0.05) is 66.7 Å². The lowest BCUT2D eigenvalue weighted by Gasteiger charge is -2.05. The molecule has 0 saturated carbocycles. The van der Waals surface area contributed by atoms with Gasteiger partial charge < -0.3 is 4.74 Å². The summed E-state index contributed by atoms with van der Waals surface area (Å²) in [5.74, 6) is 0.343. The van der Waals surface area contributed by atoms with Crippen LogP contribution in [0.4, 0.5) is 0 Å². The van der Waals surface area contributed by atoms with Crippen molar-refractivity contribution in [2.45, 2.75) is 6.92 Å². The van der Waals surface area contributed by atoms with Crippen LogP contribution in [0.3, 0.4) is 0 Å². The number of ether oxygens (including phenoxy) is 1. The number of amides is 1. The second-order valence-electron chi connectivity index (χ2n) is 6.78. The minimum absolute atomic E-state index is 0.331. The smallest absolute Gasteiger partial charge is 0.289 e. The second-order valence-corrected chi connectivity index (χ2v) is 6.78. The van der Waals surface area contributed by atoms with E-state index in [2.05, 4.69) is 32.9 Å². The Hall–Kier alpha value is -4.19. The molecule has 0 aliphatic rings. The van der Waals surface area contributed by atoms with Gasteiger partial charge in [-0.2, -0.15) is 10.2 Å². The molecule has 0 bridgehead atoms. The van der Waals surface area contributed by atoms with Crippen LogP contribution in [0.2, 0.25) is 0 Å². The van der Waals surface area contributed by atoms with Gasteiger partial charge in [-0.25, -0.2) is 5.43 Å². The maximum absolute atomic E-state index is 12.4. The molecule has 31 heavy (non-hydrogen) atoms. The van der Waals surface area contributed by atoms with Crippen molar-refractivity contribution in [2.24, 2.45) is 5.10 Å². The molecule has 0 aliphatic heterocycles. The number of rotatable bonds is 7. The van der Waals surface area contributed by atoms with E-state index in [-0.39, 0.29) is 5.91 Å².